The number of nitrogens with zero attached hydrogens (tertiary/aromatic N) is 5. The maximum atomic E-state index is 4.71. The highest BCUT2D eigenvalue weighted by molar-refractivity contribution is 5.73. The van der Waals surface area contributed by atoms with Gasteiger partial charge < -0.3 is 4.90 Å². The number of piperidine rings is 1. The molecule has 0 aliphatic carbocycles. The fourth-order valence-corrected chi connectivity index (χ4v) is 2.95. The number of fused-ring (bicyclic) bond motifs is 1. The first-order valence-electron chi connectivity index (χ1n) is 7.21. The van der Waals surface area contributed by atoms with Crippen molar-refractivity contribution < 1.29 is 0 Å². The molecule has 0 saturated carbocycles. The van der Waals surface area contributed by atoms with E-state index in [-0.39, 0.29) is 0 Å². The molecule has 1 saturated heterocycles. The minimum Gasteiger partial charge on any atom is -0.355 e. The fourth-order valence-electron chi connectivity index (χ4n) is 2.95. The maximum absolute atomic E-state index is 4.71. The molecule has 6 nitrogen and oxygen atoms in total. The Hall–Kier alpha value is -2.50. The Kier molecular flexibility index (Phi) is 2.99. The van der Waals surface area contributed by atoms with Crippen molar-refractivity contribution in [2.45, 2.75) is 18.8 Å². The molecule has 1 atom stereocenters. The van der Waals surface area contributed by atoms with E-state index in [4.69, 9.17) is 4.98 Å². The van der Waals surface area contributed by atoms with E-state index in [1.807, 2.05) is 6.20 Å². The van der Waals surface area contributed by atoms with Gasteiger partial charge in [0, 0.05) is 42.5 Å². The van der Waals surface area contributed by atoms with E-state index in [1.165, 1.54) is 0 Å². The van der Waals surface area contributed by atoms with Gasteiger partial charge in [0.2, 0.25) is 0 Å². The fraction of sp³-hybridized carbons (Fsp3) is 0.333. The van der Waals surface area contributed by atoms with Crippen LogP contribution in [0, 0.1) is 0 Å². The lowest BCUT2D eigenvalue weighted by molar-refractivity contribution is 0.499. The highest BCUT2D eigenvalue weighted by Gasteiger charge is 2.23. The molecular weight excluding hydrogens is 264 g/mol. The number of H-pyrrole nitrogens is 1. The lowest BCUT2D eigenvalue weighted by Gasteiger charge is -2.33. The first kappa shape index (κ1) is 12.3. The van der Waals surface area contributed by atoms with Crippen molar-refractivity contribution in [2.24, 2.45) is 0 Å². The zero-order chi connectivity index (χ0) is 14.1. The average molecular weight is 280 g/mol. The third kappa shape index (κ3) is 2.33. The van der Waals surface area contributed by atoms with Gasteiger partial charge in [0.05, 0.1) is 12.4 Å². The Labute approximate surface area is 122 Å². The van der Waals surface area contributed by atoms with Gasteiger partial charge in [-0.2, -0.15) is 5.10 Å². The van der Waals surface area contributed by atoms with Crippen molar-refractivity contribution in [1.82, 2.24) is 25.1 Å². The van der Waals surface area contributed by atoms with E-state index < -0.39 is 0 Å². The Balaban J connectivity index is 1.60. The normalized spacial score (nSPS) is 19.0. The Bertz CT molecular complexity index is 738. The smallest absolute Gasteiger partial charge is 0.155 e. The highest BCUT2D eigenvalue weighted by Crippen LogP contribution is 2.28. The quantitative estimate of drug-likeness (QED) is 0.778. The van der Waals surface area contributed by atoms with Crippen LogP contribution >= 0.6 is 0 Å². The van der Waals surface area contributed by atoms with Crippen LogP contribution in [0.25, 0.3) is 11.0 Å². The Morgan fingerprint density at radius 3 is 3.10 bits per heavy atom. The molecule has 1 fully saturated rings. The lowest BCUT2D eigenvalue weighted by Crippen LogP contribution is -2.35. The minimum absolute atomic E-state index is 0.424. The van der Waals surface area contributed by atoms with Gasteiger partial charge in [0.25, 0.3) is 0 Å². The van der Waals surface area contributed by atoms with E-state index in [0.717, 1.165) is 48.5 Å². The van der Waals surface area contributed by atoms with Crippen LogP contribution in [0.2, 0.25) is 0 Å². The molecule has 1 aliphatic heterocycles. The topological polar surface area (TPSA) is 70.6 Å². The van der Waals surface area contributed by atoms with Gasteiger partial charge in [-0.3, -0.25) is 10.1 Å². The van der Waals surface area contributed by atoms with Gasteiger partial charge in [-0.05, 0) is 25.0 Å². The molecule has 6 heteroatoms. The van der Waals surface area contributed by atoms with Crippen LogP contribution in [-0.2, 0) is 0 Å². The van der Waals surface area contributed by atoms with E-state index in [1.54, 1.807) is 18.6 Å². The summed E-state index contributed by atoms with van der Waals surface area (Å²) in [5.74, 6) is 1.37. The highest BCUT2D eigenvalue weighted by atomic mass is 15.2. The summed E-state index contributed by atoms with van der Waals surface area (Å²) < 4.78 is 0. The van der Waals surface area contributed by atoms with E-state index in [0.29, 0.717) is 5.92 Å². The molecule has 4 heterocycles. The zero-order valence-corrected chi connectivity index (χ0v) is 11.6. The molecule has 0 aromatic carbocycles. The molecule has 4 rings (SSSR count). The van der Waals surface area contributed by atoms with Crippen LogP contribution in [0.1, 0.15) is 24.5 Å². The van der Waals surface area contributed by atoms with Crippen molar-refractivity contribution >= 4 is 16.9 Å². The molecule has 0 unspecified atom stereocenters. The number of aromatic amines is 1. The molecular formula is C15H16N6. The van der Waals surface area contributed by atoms with Crippen molar-refractivity contribution in [3.63, 3.8) is 0 Å². The van der Waals surface area contributed by atoms with Crippen molar-refractivity contribution in [1.29, 1.82) is 0 Å². The molecule has 3 aromatic heterocycles. The second kappa shape index (κ2) is 5.12. The number of pyridine rings is 1. The van der Waals surface area contributed by atoms with Crippen LogP contribution in [0.3, 0.4) is 0 Å². The number of aromatic nitrogens is 5. The summed E-state index contributed by atoms with van der Waals surface area (Å²) in [6.07, 6.45) is 9.38. The van der Waals surface area contributed by atoms with Gasteiger partial charge in [-0.25, -0.2) is 9.97 Å². The van der Waals surface area contributed by atoms with Gasteiger partial charge in [-0.1, -0.05) is 0 Å². The third-order valence-corrected chi connectivity index (χ3v) is 4.04. The summed E-state index contributed by atoms with van der Waals surface area (Å²) in [4.78, 5) is 15.6. The van der Waals surface area contributed by atoms with Crippen LogP contribution in [0.4, 0.5) is 5.82 Å². The molecule has 0 radical (unpaired) electrons. The average Bonchev–Trinajstić information content (AvgIpc) is 3.03. The largest absolute Gasteiger partial charge is 0.355 e. The summed E-state index contributed by atoms with van der Waals surface area (Å²) in [6, 6.07) is 4.20. The molecule has 0 bridgehead atoms. The standard InChI is InChI=1S/C15H16N6/c1-2-12(10-21(7-1)14-9-16-5-6-17-14)13-4-3-11-8-18-20-15(11)19-13/h3-6,8-9,12H,1-2,7,10H2,(H,18,19,20)/t12-/m1/s1. The summed E-state index contributed by atoms with van der Waals surface area (Å²) in [5, 5.41) is 8.03. The Morgan fingerprint density at radius 2 is 2.19 bits per heavy atom. The van der Waals surface area contributed by atoms with Gasteiger partial charge >= 0.3 is 0 Å². The first-order valence-corrected chi connectivity index (χ1v) is 7.21. The van der Waals surface area contributed by atoms with Crippen LogP contribution in [-0.4, -0.2) is 38.2 Å². The summed E-state index contributed by atoms with van der Waals surface area (Å²) in [6.45, 7) is 1.97. The first-order chi connectivity index (χ1) is 10.4. The molecule has 1 aliphatic rings. The number of hydrogen-bond donors (Lipinski definition) is 1. The van der Waals surface area contributed by atoms with Crippen molar-refractivity contribution in [3.05, 3.63) is 42.6 Å². The maximum Gasteiger partial charge on any atom is 0.155 e. The second-order valence-electron chi connectivity index (χ2n) is 5.39. The molecule has 106 valence electrons. The summed E-state index contributed by atoms with van der Waals surface area (Å²) in [5.41, 5.74) is 1.99. The Morgan fingerprint density at radius 1 is 1.19 bits per heavy atom. The SMILES string of the molecule is c1cnc(N2CCC[C@@H](c3ccc4cn[nH]c4n3)C2)cn1. The molecule has 0 spiro atoms. The molecule has 21 heavy (non-hydrogen) atoms. The van der Waals surface area contributed by atoms with Gasteiger partial charge in [0.1, 0.15) is 5.82 Å². The van der Waals surface area contributed by atoms with Gasteiger partial charge in [0.15, 0.2) is 5.65 Å². The predicted octanol–water partition coefficient (Wildman–Crippen LogP) is 2.13. The zero-order valence-electron chi connectivity index (χ0n) is 11.6. The van der Waals surface area contributed by atoms with E-state index in [9.17, 15) is 0 Å². The van der Waals surface area contributed by atoms with Crippen LogP contribution < -0.4 is 4.90 Å². The lowest BCUT2D eigenvalue weighted by atomic mass is 9.94. The van der Waals surface area contributed by atoms with Crippen LogP contribution in [0.5, 0.6) is 0 Å². The van der Waals surface area contributed by atoms with Crippen molar-refractivity contribution in [3.8, 4) is 0 Å². The number of anilines is 1. The number of hydrogen-bond acceptors (Lipinski definition) is 5. The molecule has 1 N–H and O–H groups in total. The summed E-state index contributed by atoms with van der Waals surface area (Å²) >= 11 is 0. The van der Waals surface area contributed by atoms with Crippen molar-refractivity contribution in [2.75, 3.05) is 18.0 Å². The van der Waals surface area contributed by atoms with E-state index >= 15 is 0 Å². The van der Waals surface area contributed by atoms with Crippen LogP contribution in [0.15, 0.2) is 36.9 Å². The van der Waals surface area contributed by atoms with E-state index in [2.05, 4.69) is 37.2 Å². The van der Waals surface area contributed by atoms with Gasteiger partial charge in [-0.15, -0.1) is 0 Å². The number of nitrogens with one attached hydrogen (secondary N) is 1. The minimum atomic E-state index is 0.424. The molecule has 0 amide bonds. The monoisotopic (exact) mass is 280 g/mol. The predicted molar refractivity (Wildman–Crippen MR) is 80.1 cm³/mol. The summed E-state index contributed by atoms with van der Waals surface area (Å²) in [7, 11) is 0. The third-order valence-electron chi connectivity index (χ3n) is 4.04. The number of rotatable bonds is 2. The second-order valence-corrected chi connectivity index (χ2v) is 5.39. The molecule has 3 aromatic rings.